The molecule has 1 fully saturated rings. The predicted molar refractivity (Wildman–Crippen MR) is 216 cm³/mol. The lowest BCUT2D eigenvalue weighted by Crippen LogP contribution is -2.55. The largest absolute Gasteiger partial charge is 0.507 e. The fourth-order valence-electron chi connectivity index (χ4n) is 9.06. The number of phenolic OH excluding ortho intramolecular Hbond substituents is 1. The number of rotatable bonds is 12. The zero-order valence-corrected chi connectivity index (χ0v) is 34.4. The number of halogens is 1. The first-order valence-electron chi connectivity index (χ1n) is 19.1. The van der Waals surface area contributed by atoms with E-state index in [4.69, 9.17) is 30.5 Å². The lowest BCUT2D eigenvalue weighted by atomic mass is 9.69. The monoisotopic (exact) mass is 835 g/mol. The number of hydrogen-bond acceptors (Lipinski definition) is 12. The van der Waals surface area contributed by atoms with Gasteiger partial charge in [-0.2, -0.15) is 11.8 Å². The third-order valence-electron chi connectivity index (χ3n) is 11.9. The average molecular weight is 836 g/mol. The summed E-state index contributed by atoms with van der Waals surface area (Å²) in [5.41, 5.74) is -1.25. The second kappa shape index (κ2) is 16.2. The summed E-state index contributed by atoms with van der Waals surface area (Å²) in [4.78, 5) is 71.7. The number of phenols is 1. The first kappa shape index (κ1) is 41.0. The molecule has 1 aliphatic carbocycles. The van der Waals surface area contributed by atoms with Gasteiger partial charge in [-0.1, -0.05) is 30.7 Å². The molecule has 0 saturated carbocycles. The zero-order chi connectivity index (χ0) is 41.6. The van der Waals surface area contributed by atoms with Gasteiger partial charge in [-0.3, -0.25) is 24.0 Å². The number of aromatic nitrogens is 1. The van der Waals surface area contributed by atoms with Gasteiger partial charge in [0.2, 0.25) is 23.2 Å². The number of aliphatic hydroxyl groups excluding tert-OH is 1. The summed E-state index contributed by atoms with van der Waals surface area (Å²) in [6.45, 7) is 2.94. The summed E-state index contributed by atoms with van der Waals surface area (Å²) in [6, 6.07) is 10.0. The Morgan fingerprint density at radius 3 is 2.47 bits per heavy atom. The van der Waals surface area contributed by atoms with Crippen LogP contribution in [-0.2, 0) is 20.9 Å². The van der Waals surface area contributed by atoms with Crippen LogP contribution in [0.2, 0.25) is 5.02 Å². The first-order valence-corrected chi connectivity index (χ1v) is 20.8. The highest BCUT2D eigenvalue weighted by Gasteiger charge is 2.61. The second-order valence-electron chi connectivity index (χ2n) is 15.3. The molecule has 3 N–H and O–H groups in total. The minimum atomic E-state index is -2.11. The molecule has 3 aliphatic heterocycles. The molecular formula is C42H46ClN3O11S. The van der Waals surface area contributed by atoms with Gasteiger partial charge in [-0.15, -0.1) is 0 Å². The summed E-state index contributed by atoms with van der Waals surface area (Å²) in [6.07, 6.45) is 2.40. The number of pyridine rings is 1. The number of aliphatic hydroxyl groups is 1. The molecule has 58 heavy (non-hydrogen) atoms. The lowest BCUT2D eigenvalue weighted by molar-refractivity contribution is -0.139. The van der Waals surface area contributed by atoms with Crippen LogP contribution in [0.3, 0.4) is 0 Å². The van der Waals surface area contributed by atoms with Crippen LogP contribution in [0.4, 0.5) is 0 Å². The van der Waals surface area contributed by atoms with Crippen molar-refractivity contribution < 1.29 is 48.3 Å². The van der Waals surface area contributed by atoms with E-state index in [0.29, 0.717) is 37.4 Å². The van der Waals surface area contributed by atoms with Crippen LogP contribution in [0.5, 0.6) is 28.7 Å². The number of fused-ring (bicyclic) bond motifs is 5. The highest BCUT2D eigenvalue weighted by atomic mass is 35.5. The van der Waals surface area contributed by atoms with Crippen LogP contribution in [0.15, 0.2) is 58.6 Å². The third kappa shape index (κ3) is 6.95. The van der Waals surface area contributed by atoms with E-state index in [1.54, 1.807) is 28.5 Å². The molecule has 6 atom stereocenters. The number of likely N-dealkylation sites (tertiary alicyclic amines) is 1. The smallest absolute Gasteiger partial charge is 0.250 e. The Morgan fingerprint density at radius 1 is 1.02 bits per heavy atom. The Morgan fingerprint density at radius 2 is 1.76 bits per heavy atom. The van der Waals surface area contributed by atoms with E-state index in [1.165, 1.54) is 57.4 Å². The minimum Gasteiger partial charge on any atom is -0.507 e. The van der Waals surface area contributed by atoms with Crippen molar-refractivity contribution in [2.24, 2.45) is 11.8 Å². The van der Waals surface area contributed by atoms with Crippen molar-refractivity contribution in [3.05, 3.63) is 86.0 Å². The van der Waals surface area contributed by atoms with Gasteiger partial charge in [0, 0.05) is 73.6 Å². The number of nitrogens with zero attached hydrogens (tertiary/aromatic N) is 2. The van der Waals surface area contributed by atoms with E-state index < -0.39 is 53.1 Å². The first-order chi connectivity index (χ1) is 27.8. The molecule has 2 aromatic carbocycles. The SMILES string of the molecule is COc1cc(C(CC(=O)NC(CCSC)C(=O)N2C[C@H]3C[C@@H](C2)c2cccc(=O)n2C3)C2=C(O)C3(Oc4c(Cl)c(OC)cc(OC)c4C3=O)C(C)CC2=O)ccc1O. The Kier molecular flexibility index (Phi) is 11.5. The number of carbonyl (C=O) groups is 4. The third-order valence-corrected chi connectivity index (χ3v) is 12.9. The van der Waals surface area contributed by atoms with Gasteiger partial charge in [-0.25, -0.2) is 0 Å². The summed E-state index contributed by atoms with van der Waals surface area (Å²) in [5.74, 6) is -4.20. The van der Waals surface area contributed by atoms with E-state index in [2.05, 4.69) is 5.32 Å². The number of allylic oxidation sites excluding steroid dienone is 1. The van der Waals surface area contributed by atoms with Gasteiger partial charge in [0.25, 0.3) is 5.56 Å². The van der Waals surface area contributed by atoms with Crippen molar-refractivity contribution in [2.45, 2.75) is 62.6 Å². The number of aromatic hydroxyl groups is 1. The Labute approximate surface area is 344 Å². The number of piperidine rings is 1. The average Bonchev–Trinajstić information content (AvgIpc) is 3.53. The maximum atomic E-state index is 14.5. The van der Waals surface area contributed by atoms with Crippen molar-refractivity contribution in [1.82, 2.24) is 14.8 Å². The minimum absolute atomic E-state index is 0.0272. The van der Waals surface area contributed by atoms with Crippen LogP contribution in [-0.4, -0.2) is 101 Å². The Bertz CT molecular complexity index is 2280. The molecule has 4 aliphatic rings. The molecule has 1 spiro atoms. The molecule has 4 heterocycles. The number of thioether (sulfide) groups is 1. The molecule has 4 unspecified atom stereocenters. The van der Waals surface area contributed by atoms with Crippen LogP contribution in [0.1, 0.15) is 66.1 Å². The Balaban J connectivity index is 1.24. The van der Waals surface area contributed by atoms with Crippen LogP contribution >= 0.6 is 23.4 Å². The number of benzene rings is 2. The standard InChI is InChI=1S/C42H46ClN3O11S/c1-21-13-29(48)35(39(51)42(21)40(52)36-31(55-3)17-32(56-4)37(43)38(36)57-42)25(23-9-10-28(47)30(15-23)54-2)16-33(49)44-26(11-12-58-5)41(53)45-18-22-14-24(20-45)27-7-6-8-34(50)46(27)19-22/h6-10,15,17,21-22,24-26,47,51H,11-14,16,18-20H2,1-5H3,(H,44,49)/t21?,22-,24+,25?,26?,42?/m1/s1. The lowest BCUT2D eigenvalue weighted by Gasteiger charge is -2.43. The van der Waals surface area contributed by atoms with Crippen LogP contribution in [0, 0.1) is 11.8 Å². The molecule has 7 rings (SSSR count). The number of carbonyl (C=O) groups excluding carboxylic acids is 4. The molecule has 3 aromatic rings. The topological polar surface area (TPSA) is 183 Å². The summed E-state index contributed by atoms with van der Waals surface area (Å²) in [7, 11) is 4.09. The van der Waals surface area contributed by atoms with E-state index in [0.717, 1.165) is 12.1 Å². The molecular weight excluding hydrogens is 790 g/mol. The second-order valence-corrected chi connectivity index (χ2v) is 16.7. The molecule has 16 heteroatoms. The maximum absolute atomic E-state index is 14.5. The number of ketones is 2. The van der Waals surface area contributed by atoms with Crippen LogP contribution < -0.4 is 29.8 Å². The van der Waals surface area contributed by atoms with E-state index >= 15 is 0 Å². The highest BCUT2D eigenvalue weighted by Crippen LogP contribution is 2.56. The van der Waals surface area contributed by atoms with Gasteiger partial charge in [0.15, 0.2) is 28.8 Å². The molecule has 1 saturated heterocycles. The van der Waals surface area contributed by atoms with E-state index in [9.17, 15) is 34.2 Å². The van der Waals surface area contributed by atoms with Gasteiger partial charge in [-0.05, 0) is 54.5 Å². The van der Waals surface area contributed by atoms with E-state index in [-0.39, 0.29) is 74.6 Å². The van der Waals surface area contributed by atoms with Gasteiger partial charge >= 0.3 is 0 Å². The number of nitrogens with one attached hydrogen (secondary N) is 1. The number of methoxy groups -OCH3 is 3. The molecule has 2 bridgehead atoms. The summed E-state index contributed by atoms with van der Waals surface area (Å²) in [5, 5.41) is 25.7. The van der Waals surface area contributed by atoms with Crippen molar-refractivity contribution >= 4 is 46.7 Å². The molecule has 0 radical (unpaired) electrons. The molecule has 308 valence electrons. The number of ether oxygens (including phenoxy) is 4. The predicted octanol–water partition coefficient (Wildman–Crippen LogP) is 5.03. The van der Waals surface area contributed by atoms with Crippen molar-refractivity contribution in [2.75, 3.05) is 46.4 Å². The number of hydrogen-bond donors (Lipinski definition) is 3. The highest BCUT2D eigenvalue weighted by molar-refractivity contribution is 7.98. The number of amides is 2. The van der Waals surface area contributed by atoms with Gasteiger partial charge in [0.05, 0.1) is 21.3 Å². The quantitative estimate of drug-likeness (QED) is 0.222. The Hall–Kier alpha value is -5.15. The fraction of sp³-hybridized carbons (Fsp3) is 0.452. The van der Waals surface area contributed by atoms with Gasteiger partial charge in [0.1, 0.15) is 28.1 Å². The van der Waals surface area contributed by atoms with E-state index in [1.807, 2.05) is 12.3 Å². The molecule has 1 aromatic heterocycles. The normalized spacial score (nSPS) is 23.1. The van der Waals surface area contributed by atoms with Gasteiger partial charge < -0.3 is 43.9 Å². The fourth-order valence-corrected chi connectivity index (χ4v) is 9.80. The van der Waals surface area contributed by atoms with Crippen LogP contribution in [0.25, 0.3) is 0 Å². The van der Waals surface area contributed by atoms with Crippen molar-refractivity contribution in [3.8, 4) is 28.7 Å². The molecule has 14 nitrogen and oxygen atoms in total. The van der Waals surface area contributed by atoms with Crippen molar-refractivity contribution in [1.29, 1.82) is 0 Å². The maximum Gasteiger partial charge on any atom is 0.250 e. The summed E-state index contributed by atoms with van der Waals surface area (Å²) >= 11 is 8.18. The number of Topliss-reactive ketones (excluding diaryl/α,β-unsaturated/α-hetero) is 2. The summed E-state index contributed by atoms with van der Waals surface area (Å²) < 4.78 is 24.4. The molecule has 2 amide bonds. The van der Waals surface area contributed by atoms with Crippen molar-refractivity contribution in [3.63, 3.8) is 0 Å². The zero-order valence-electron chi connectivity index (χ0n) is 32.8.